The number of ether oxygens (including phenoxy) is 1. The predicted molar refractivity (Wildman–Crippen MR) is 185 cm³/mol. The Labute approximate surface area is 280 Å². The standard InChI is InChI=1S/C34H34N4O5S3/c1-4-43-33(41)30-24-16-17-37(21(3)39)19-29(24)46-32(30)36-31(40)20(2)44-23-11-9-10-22(18-23)35-34(42)38-25-12-5-7-14-27(25)45-28-15-8-6-13-26(28)38/h5-15,18,20,25,27H,4,16-17,19H2,1-3H3,(H,35,42)(H,36,40). The van der Waals surface area contributed by atoms with Crippen LogP contribution in [0, 0.1) is 0 Å². The van der Waals surface area contributed by atoms with Crippen LogP contribution < -0.4 is 15.5 Å². The minimum absolute atomic E-state index is 0.0299. The molecule has 6 rings (SSSR count). The van der Waals surface area contributed by atoms with Gasteiger partial charge in [0.15, 0.2) is 0 Å². The number of allylic oxidation sites excluding steroid dienone is 2. The number of benzene rings is 2. The number of urea groups is 1. The first-order valence-corrected chi connectivity index (χ1v) is 17.7. The number of thioether (sulfide) groups is 2. The monoisotopic (exact) mass is 674 g/mol. The number of hydrogen-bond acceptors (Lipinski definition) is 8. The summed E-state index contributed by atoms with van der Waals surface area (Å²) < 4.78 is 5.33. The lowest BCUT2D eigenvalue weighted by Crippen LogP contribution is -2.49. The molecule has 3 heterocycles. The van der Waals surface area contributed by atoms with Crippen molar-refractivity contribution in [3.8, 4) is 0 Å². The molecule has 0 saturated heterocycles. The minimum atomic E-state index is -0.514. The quantitative estimate of drug-likeness (QED) is 0.206. The second-order valence-electron chi connectivity index (χ2n) is 11.0. The van der Waals surface area contributed by atoms with Crippen molar-refractivity contribution in [2.75, 3.05) is 28.7 Å². The number of rotatable bonds is 7. The van der Waals surface area contributed by atoms with Crippen LogP contribution in [0.25, 0.3) is 0 Å². The van der Waals surface area contributed by atoms with Crippen LogP contribution in [0.2, 0.25) is 0 Å². The van der Waals surface area contributed by atoms with Crippen LogP contribution >= 0.6 is 34.9 Å². The van der Waals surface area contributed by atoms with Crippen molar-refractivity contribution in [1.82, 2.24) is 4.90 Å². The molecule has 0 fully saturated rings. The van der Waals surface area contributed by atoms with Crippen molar-refractivity contribution in [1.29, 1.82) is 0 Å². The molecular formula is C34H34N4O5S3. The third-order valence-corrected chi connectivity index (χ3v) is 11.5. The van der Waals surface area contributed by atoms with Gasteiger partial charge in [0, 0.05) is 33.8 Å². The molecule has 1 aliphatic carbocycles. The van der Waals surface area contributed by atoms with E-state index in [9.17, 15) is 19.2 Å². The summed E-state index contributed by atoms with van der Waals surface area (Å²) >= 11 is 4.42. The van der Waals surface area contributed by atoms with Gasteiger partial charge in [0.25, 0.3) is 0 Å². The van der Waals surface area contributed by atoms with E-state index in [1.165, 1.54) is 30.0 Å². The molecule has 2 aliphatic heterocycles. The van der Waals surface area contributed by atoms with Gasteiger partial charge in [-0.2, -0.15) is 0 Å². The summed E-state index contributed by atoms with van der Waals surface area (Å²) in [5.74, 6) is -0.772. The number of para-hydroxylation sites is 1. The van der Waals surface area contributed by atoms with E-state index in [2.05, 4.69) is 22.8 Å². The largest absolute Gasteiger partial charge is 0.462 e. The fraction of sp³-hybridized carbons (Fsp3) is 0.294. The summed E-state index contributed by atoms with van der Waals surface area (Å²) in [6, 6.07) is 15.0. The molecule has 1 aromatic heterocycles. The maximum Gasteiger partial charge on any atom is 0.341 e. The van der Waals surface area contributed by atoms with Crippen LogP contribution in [0.5, 0.6) is 0 Å². The molecule has 3 aromatic rings. The molecule has 2 aromatic carbocycles. The lowest BCUT2D eigenvalue weighted by Gasteiger charge is -2.40. The Kier molecular flexibility index (Phi) is 9.57. The highest BCUT2D eigenvalue weighted by atomic mass is 32.2. The molecule has 3 unspecified atom stereocenters. The van der Waals surface area contributed by atoms with Crippen molar-refractivity contribution in [2.45, 2.75) is 60.1 Å². The Balaban J connectivity index is 1.15. The first kappa shape index (κ1) is 32.0. The molecule has 0 spiro atoms. The Morgan fingerprint density at radius 3 is 2.67 bits per heavy atom. The van der Waals surface area contributed by atoms with Crippen LogP contribution in [0.1, 0.15) is 41.6 Å². The van der Waals surface area contributed by atoms with E-state index in [1.54, 1.807) is 30.5 Å². The number of carbonyl (C=O) groups excluding carboxylic acids is 4. The number of nitrogens with one attached hydrogen (secondary N) is 2. The zero-order valence-corrected chi connectivity index (χ0v) is 28.1. The normalized spacial score (nSPS) is 18.6. The average Bonchev–Trinajstić information content (AvgIpc) is 3.40. The summed E-state index contributed by atoms with van der Waals surface area (Å²) in [5.41, 5.74) is 2.70. The summed E-state index contributed by atoms with van der Waals surface area (Å²) in [7, 11) is 0. The Morgan fingerprint density at radius 1 is 1.07 bits per heavy atom. The van der Waals surface area contributed by atoms with Gasteiger partial charge >= 0.3 is 12.0 Å². The summed E-state index contributed by atoms with van der Waals surface area (Å²) in [4.78, 5) is 58.3. The molecule has 12 heteroatoms. The van der Waals surface area contributed by atoms with Crippen LogP contribution in [0.4, 0.5) is 21.2 Å². The number of thiophene rings is 1. The number of carbonyl (C=O) groups is 4. The molecule has 0 saturated carbocycles. The van der Waals surface area contributed by atoms with E-state index in [4.69, 9.17) is 4.74 Å². The average molecular weight is 675 g/mol. The Bertz CT molecular complexity index is 1750. The molecule has 2 N–H and O–H groups in total. The molecule has 0 bridgehead atoms. The second kappa shape index (κ2) is 13.8. The first-order chi connectivity index (χ1) is 22.2. The number of fused-ring (bicyclic) bond motifs is 3. The number of esters is 1. The molecule has 3 atom stereocenters. The molecule has 238 valence electrons. The topological polar surface area (TPSA) is 108 Å². The zero-order valence-electron chi connectivity index (χ0n) is 25.6. The summed E-state index contributed by atoms with van der Waals surface area (Å²) in [6.45, 7) is 6.19. The smallest absolute Gasteiger partial charge is 0.341 e. The van der Waals surface area contributed by atoms with Gasteiger partial charge in [-0.15, -0.1) is 34.9 Å². The molecule has 0 radical (unpaired) electrons. The van der Waals surface area contributed by atoms with Crippen molar-refractivity contribution >= 4 is 75.1 Å². The zero-order chi connectivity index (χ0) is 32.4. The summed E-state index contributed by atoms with van der Waals surface area (Å²) in [5, 5.41) is 6.08. The molecule has 46 heavy (non-hydrogen) atoms. The third-order valence-electron chi connectivity index (χ3n) is 7.95. The first-order valence-electron chi connectivity index (χ1n) is 15.1. The lowest BCUT2D eigenvalue weighted by molar-refractivity contribution is -0.129. The van der Waals surface area contributed by atoms with Crippen molar-refractivity contribution in [2.24, 2.45) is 0 Å². The highest BCUT2D eigenvalue weighted by molar-refractivity contribution is 8.00. The Hall–Kier alpha value is -4.00. The molecule has 4 amide bonds. The van der Waals surface area contributed by atoms with Crippen LogP contribution in [-0.2, 0) is 27.3 Å². The van der Waals surface area contributed by atoms with Crippen LogP contribution in [0.15, 0.2) is 82.6 Å². The van der Waals surface area contributed by atoms with Gasteiger partial charge in [-0.3, -0.25) is 14.5 Å². The van der Waals surface area contributed by atoms with E-state index < -0.39 is 11.2 Å². The van der Waals surface area contributed by atoms with Gasteiger partial charge in [0.2, 0.25) is 11.8 Å². The SMILES string of the molecule is CCOC(=O)c1c(NC(=O)C(C)Sc2cccc(NC(=O)N3c4ccccc4SC4C=CC=CC43)c2)sc2c1CCN(C(C)=O)C2. The molecule has 3 aliphatic rings. The fourth-order valence-corrected chi connectivity index (χ4v) is 9.15. The van der Waals surface area contributed by atoms with E-state index in [1.807, 2.05) is 65.6 Å². The van der Waals surface area contributed by atoms with Gasteiger partial charge in [-0.1, -0.05) is 42.5 Å². The second-order valence-corrected chi connectivity index (χ2v) is 14.7. The maximum absolute atomic E-state index is 13.7. The van der Waals surface area contributed by atoms with E-state index in [0.29, 0.717) is 35.8 Å². The predicted octanol–water partition coefficient (Wildman–Crippen LogP) is 6.96. The highest BCUT2D eigenvalue weighted by Gasteiger charge is 2.37. The number of amides is 4. The van der Waals surface area contributed by atoms with E-state index in [-0.39, 0.29) is 35.7 Å². The van der Waals surface area contributed by atoms with Gasteiger partial charge in [-0.25, -0.2) is 9.59 Å². The number of nitrogens with zero attached hydrogens (tertiary/aromatic N) is 2. The van der Waals surface area contributed by atoms with E-state index in [0.717, 1.165) is 25.9 Å². The van der Waals surface area contributed by atoms with Crippen LogP contribution in [-0.4, -0.2) is 58.4 Å². The minimum Gasteiger partial charge on any atom is -0.462 e. The third kappa shape index (κ3) is 6.60. The van der Waals surface area contributed by atoms with Crippen molar-refractivity contribution in [3.05, 3.63) is 88.8 Å². The van der Waals surface area contributed by atoms with Gasteiger partial charge in [0.1, 0.15) is 5.00 Å². The van der Waals surface area contributed by atoms with Gasteiger partial charge in [-0.05, 0) is 56.2 Å². The maximum atomic E-state index is 13.7. The Morgan fingerprint density at radius 2 is 1.87 bits per heavy atom. The van der Waals surface area contributed by atoms with Gasteiger partial charge in [0.05, 0.1) is 40.9 Å². The lowest BCUT2D eigenvalue weighted by atomic mass is 10.0. The van der Waals surface area contributed by atoms with Crippen LogP contribution in [0.3, 0.4) is 0 Å². The highest BCUT2D eigenvalue weighted by Crippen LogP contribution is 2.44. The van der Waals surface area contributed by atoms with Crippen molar-refractivity contribution in [3.63, 3.8) is 0 Å². The molecule has 9 nitrogen and oxygen atoms in total. The van der Waals surface area contributed by atoms with E-state index >= 15 is 0 Å². The van der Waals surface area contributed by atoms with Gasteiger partial charge < -0.3 is 20.3 Å². The fourth-order valence-electron chi connectivity index (χ4n) is 5.71. The van der Waals surface area contributed by atoms with Crippen molar-refractivity contribution < 1.29 is 23.9 Å². The number of anilines is 3. The summed E-state index contributed by atoms with van der Waals surface area (Å²) in [6.07, 6.45) is 8.69. The molecular weight excluding hydrogens is 641 g/mol. The number of hydrogen-bond donors (Lipinski definition) is 2.